The molecule has 17 heavy (non-hydrogen) atoms. The molecule has 0 fully saturated rings. The van der Waals surface area contributed by atoms with Gasteiger partial charge in [-0.3, -0.25) is 0 Å². The topological polar surface area (TPSA) is 51.2 Å². The molecule has 0 saturated heterocycles. The summed E-state index contributed by atoms with van der Waals surface area (Å²) in [6, 6.07) is 4.87. The second-order valence-corrected chi connectivity index (χ2v) is 3.70. The minimum atomic E-state index is -2.67. The standard InChI is InChI=1S/C11H14F2N2O2/c1-7(2)14-10-5-3-4-8(15-10)11(16)17-6-9(12)13/h3-5,7,9H,6H2,1-2H3,(H,14,15). The predicted molar refractivity (Wildman–Crippen MR) is 59.3 cm³/mol. The van der Waals surface area contributed by atoms with E-state index in [0.29, 0.717) is 5.82 Å². The van der Waals surface area contributed by atoms with E-state index in [1.54, 1.807) is 12.1 Å². The van der Waals surface area contributed by atoms with Crippen LogP contribution in [0.5, 0.6) is 0 Å². The van der Waals surface area contributed by atoms with Crippen molar-refractivity contribution in [1.29, 1.82) is 0 Å². The van der Waals surface area contributed by atoms with Crippen molar-refractivity contribution < 1.29 is 18.3 Å². The fourth-order valence-electron chi connectivity index (χ4n) is 1.14. The maximum absolute atomic E-state index is 11.9. The molecule has 6 heteroatoms. The van der Waals surface area contributed by atoms with Crippen molar-refractivity contribution in [2.45, 2.75) is 26.3 Å². The smallest absolute Gasteiger partial charge is 0.357 e. The van der Waals surface area contributed by atoms with E-state index in [1.807, 2.05) is 13.8 Å². The Morgan fingerprint density at radius 1 is 1.47 bits per heavy atom. The van der Waals surface area contributed by atoms with Crippen molar-refractivity contribution in [3.63, 3.8) is 0 Å². The quantitative estimate of drug-likeness (QED) is 0.807. The lowest BCUT2D eigenvalue weighted by Gasteiger charge is -2.09. The maximum atomic E-state index is 11.9. The summed E-state index contributed by atoms with van der Waals surface area (Å²) in [7, 11) is 0. The minimum absolute atomic E-state index is 0.0105. The van der Waals surface area contributed by atoms with Crippen LogP contribution in [0.1, 0.15) is 24.3 Å². The number of hydrogen-bond acceptors (Lipinski definition) is 4. The fraction of sp³-hybridized carbons (Fsp3) is 0.455. The summed E-state index contributed by atoms with van der Waals surface area (Å²) in [6.07, 6.45) is -2.67. The number of pyridine rings is 1. The zero-order valence-electron chi connectivity index (χ0n) is 9.61. The molecule has 0 atom stereocenters. The van der Waals surface area contributed by atoms with Crippen LogP contribution in [0.25, 0.3) is 0 Å². The summed E-state index contributed by atoms with van der Waals surface area (Å²) in [5.41, 5.74) is 0.0105. The van der Waals surface area contributed by atoms with Gasteiger partial charge in [-0.15, -0.1) is 0 Å². The lowest BCUT2D eigenvalue weighted by Crippen LogP contribution is -2.15. The summed E-state index contributed by atoms with van der Waals surface area (Å²) in [6.45, 7) is 2.93. The maximum Gasteiger partial charge on any atom is 0.357 e. The summed E-state index contributed by atoms with van der Waals surface area (Å²) in [4.78, 5) is 15.3. The van der Waals surface area contributed by atoms with Crippen LogP contribution in [0.3, 0.4) is 0 Å². The first-order chi connectivity index (χ1) is 7.99. The first-order valence-electron chi connectivity index (χ1n) is 5.18. The third-order valence-corrected chi connectivity index (χ3v) is 1.74. The van der Waals surface area contributed by atoms with Crippen molar-refractivity contribution in [3.8, 4) is 0 Å². The number of nitrogens with one attached hydrogen (secondary N) is 1. The monoisotopic (exact) mass is 244 g/mol. The molecule has 1 N–H and O–H groups in total. The van der Waals surface area contributed by atoms with Gasteiger partial charge < -0.3 is 10.1 Å². The number of hydrogen-bond donors (Lipinski definition) is 1. The van der Waals surface area contributed by atoms with Crippen molar-refractivity contribution in [2.75, 3.05) is 11.9 Å². The van der Waals surface area contributed by atoms with Crippen LogP contribution in [0.4, 0.5) is 14.6 Å². The Morgan fingerprint density at radius 3 is 2.76 bits per heavy atom. The average Bonchev–Trinajstić information content (AvgIpc) is 2.25. The first kappa shape index (κ1) is 13.3. The highest BCUT2D eigenvalue weighted by Gasteiger charge is 2.12. The van der Waals surface area contributed by atoms with Crippen LogP contribution in [0.15, 0.2) is 18.2 Å². The Kier molecular flexibility index (Phi) is 4.81. The Hall–Kier alpha value is -1.72. The van der Waals surface area contributed by atoms with E-state index in [-0.39, 0.29) is 11.7 Å². The van der Waals surface area contributed by atoms with Gasteiger partial charge in [-0.05, 0) is 26.0 Å². The van der Waals surface area contributed by atoms with Crippen LogP contribution in [-0.4, -0.2) is 30.0 Å². The van der Waals surface area contributed by atoms with E-state index >= 15 is 0 Å². The molecule has 0 bridgehead atoms. The van der Waals surface area contributed by atoms with E-state index in [9.17, 15) is 13.6 Å². The summed E-state index contributed by atoms with van der Waals surface area (Å²) in [5.74, 6) is -0.343. The SMILES string of the molecule is CC(C)Nc1cccc(C(=O)OCC(F)F)n1. The van der Waals surface area contributed by atoms with Gasteiger partial charge in [0.25, 0.3) is 6.43 Å². The Labute approximate surface area is 98.0 Å². The minimum Gasteiger partial charge on any atom is -0.455 e. The molecule has 1 rings (SSSR count). The number of esters is 1. The molecule has 0 aromatic carbocycles. The number of anilines is 1. The molecular weight excluding hydrogens is 230 g/mol. The molecule has 1 aromatic rings. The highest BCUT2D eigenvalue weighted by atomic mass is 19.3. The van der Waals surface area contributed by atoms with Gasteiger partial charge in [0, 0.05) is 6.04 Å². The largest absolute Gasteiger partial charge is 0.455 e. The second kappa shape index (κ2) is 6.12. The number of alkyl halides is 2. The lowest BCUT2D eigenvalue weighted by molar-refractivity contribution is 0.0155. The fourth-order valence-corrected chi connectivity index (χ4v) is 1.14. The van der Waals surface area contributed by atoms with Gasteiger partial charge in [-0.2, -0.15) is 0 Å². The van der Waals surface area contributed by atoms with Gasteiger partial charge in [-0.1, -0.05) is 6.07 Å². The van der Waals surface area contributed by atoms with Crippen molar-refractivity contribution >= 4 is 11.8 Å². The van der Waals surface area contributed by atoms with E-state index < -0.39 is 19.0 Å². The average molecular weight is 244 g/mol. The first-order valence-corrected chi connectivity index (χ1v) is 5.18. The number of aromatic nitrogens is 1. The third-order valence-electron chi connectivity index (χ3n) is 1.74. The highest BCUT2D eigenvalue weighted by molar-refractivity contribution is 5.87. The molecule has 94 valence electrons. The van der Waals surface area contributed by atoms with Crippen LogP contribution in [0.2, 0.25) is 0 Å². The van der Waals surface area contributed by atoms with Gasteiger partial charge in [0.15, 0.2) is 12.3 Å². The van der Waals surface area contributed by atoms with Crippen LogP contribution < -0.4 is 5.32 Å². The second-order valence-electron chi connectivity index (χ2n) is 3.70. The summed E-state index contributed by atoms with van der Waals surface area (Å²) >= 11 is 0. The Bertz CT molecular complexity index is 383. The van der Waals surface area contributed by atoms with E-state index in [2.05, 4.69) is 15.0 Å². The summed E-state index contributed by atoms with van der Waals surface area (Å²) < 4.78 is 28.1. The van der Waals surface area contributed by atoms with E-state index in [4.69, 9.17) is 0 Å². The lowest BCUT2D eigenvalue weighted by atomic mass is 10.3. The van der Waals surface area contributed by atoms with Crippen molar-refractivity contribution in [3.05, 3.63) is 23.9 Å². The molecular formula is C11H14F2N2O2. The molecule has 4 nitrogen and oxygen atoms in total. The van der Waals surface area contributed by atoms with Gasteiger partial charge in [0.2, 0.25) is 0 Å². The third kappa shape index (κ3) is 4.76. The highest BCUT2D eigenvalue weighted by Crippen LogP contribution is 2.08. The molecule has 0 unspecified atom stereocenters. The predicted octanol–water partition coefficient (Wildman–Crippen LogP) is 2.32. The van der Waals surface area contributed by atoms with Crippen LogP contribution in [-0.2, 0) is 4.74 Å². The zero-order chi connectivity index (χ0) is 12.8. The van der Waals surface area contributed by atoms with E-state index in [1.165, 1.54) is 6.07 Å². The Morgan fingerprint density at radius 2 is 2.18 bits per heavy atom. The van der Waals surface area contributed by atoms with Gasteiger partial charge in [0.1, 0.15) is 5.82 Å². The number of nitrogens with zero attached hydrogens (tertiary/aromatic N) is 1. The molecule has 0 aliphatic carbocycles. The molecule has 0 saturated carbocycles. The van der Waals surface area contributed by atoms with Crippen LogP contribution >= 0.6 is 0 Å². The molecule has 1 heterocycles. The number of rotatable bonds is 5. The van der Waals surface area contributed by atoms with Crippen molar-refractivity contribution in [2.24, 2.45) is 0 Å². The summed E-state index contributed by atoms with van der Waals surface area (Å²) in [5, 5.41) is 3.00. The molecule has 0 spiro atoms. The number of carbonyl (C=O) groups is 1. The molecule has 0 aliphatic heterocycles. The molecule has 0 aliphatic rings. The molecule has 0 amide bonds. The van der Waals surface area contributed by atoms with E-state index in [0.717, 1.165) is 0 Å². The number of ether oxygens (including phenoxy) is 1. The Balaban J connectivity index is 2.67. The van der Waals surface area contributed by atoms with Crippen molar-refractivity contribution in [1.82, 2.24) is 4.98 Å². The van der Waals surface area contributed by atoms with Crippen LogP contribution in [0, 0.1) is 0 Å². The number of halogens is 2. The zero-order valence-corrected chi connectivity index (χ0v) is 9.61. The normalized spacial score (nSPS) is 10.7. The van der Waals surface area contributed by atoms with Gasteiger partial charge >= 0.3 is 5.97 Å². The molecule has 0 radical (unpaired) electrons. The van der Waals surface area contributed by atoms with Gasteiger partial charge in [0.05, 0.1) is 0 Å². The number of carbonyl (C=O) groups excluding carboxylic acids is 1. The molecule has 1 aromatic heterocycles. The van der Waals surface area contributed by atoms with Gasteiger partial charge in [-0.25, -0.2) is 18.6 Å².